The molecule has 0 spiro atoms. The number of aliphatic hydroxyl groups excluding tert-OH is 1. The number of carbonyl (C=O) groups excluding carboxylic acids is 1. The van der Waals surface area contributed by atoms with Crippen molar-refractivity contribution in [2.45, 2.75) is 13.0 Å². The van der Waals surface area contributed by atoms with Crippen LogP contribution < -0.4 is 4.74 Å². The lowest BCUT2D eigenvalue weighted by Crippen LogP contribution is -2.01. The summed E-state index contributed by atoms with van der Waals surface area (Å²) in [5.41, 5.74) is 0.928. The van der Waals surface area contributed by atoms with Crippen LogP contribution in [0.15, 0.2) is 36.5 Å². The molecule has 3 aromatic rings. The van der Waals surface area contributed by atoms with Gasteiger partial charge in [0.1, 0.15) is 40.4 Å². The SMILES string of the molecule is COC(=O)c1cc(-c2ncc(F)cc2OCc2cc(F)cc(F)c2)c(CCO)s1. The standard InChI is InChI=1S/C20H16F3NO4S/c1-27-20(26)18-8-15(17(29-18)2-3-25)19-16(7-14(23)9-24-19)28-10-11-4-12(21)6-13(22)5-11/h4-9,25H,2-3,10H2,1H3. The fraction of sp³-hybridized carbons (Fsp3) is 0.200. The minimum absolute atomic E-state index is 0.0306. The average molecular weight is 423 g/mol. The Morgan fingerprint density at radius 1 is 1.10 bits per heavy atom. The van der Waals surface area contributed by atoms with Crippen molar-refractivity contribution in [1.29, 1.82) is 0 Å². The van der Waals surface area contributed by atoms with Gasteiger partial charge in [-0.1, -0.05) is 0 Å². The summed E-state index contributed by atoms with van der Waals surface area (Å²) >= 11 is 1.12. The molecule has 1 aromatic carbocycles. The zero-order chi connectivity index (χ0) is 21.0. The predicted molar refractivity (Wildman–Crippen MR) is 100 cm³/mol. The number of hydrogen-bond donors (Lipinski definition) is 1. The van der Waals surface area contributed by atoms with E-state index in [0.29, 0.717) is 10.4 Å². The van der Waals surface area contributed by atoms with Crippen LogP contribution in [0, 0.1) is 17.5 Å². The monoisotopic (exact) mass is 423 g/mol. The number of benzene rings is 1. The highest BCUT2D eigenvalue weighted by atomic mass is 32.1. The molecule has 0 fully saturated rings. The molecule has 9 heteroatoms. The Morgan fingerprint density at radius 2 is 1.83 bits per heavy atom. The number of pyridine rings is 1. The number of thiophene rings is 1. The fourth-order valence-electron chi connectivity index (χ4n) is 2.71. The summed E-state index contributed by atoms with van der Waals surface area (Å²) in [6.07, 6.45) is 1.23. The largest absolute Gasteiger partial charge is 0.487 e. The maximum atomic E-state index is 13.8. The van der Waals surface area contributed by atoms with Gasteiger partial charge >= 0.3 is 5.97 Å². The number of carbonyl (C=O) groups is 1. The lowest BCUT2D eigenvalue weighted by Gasteiger charge is -2.12. The molecular weight excluding hydrogens is 407 g/mol. The summed E-state index contributed by atoms with van der Waals surface area (Å²) < 4.78 is 50.8. The van der Waals surface area contributed by atoms with Gasteiger partial charge in [0.05, 0.1) is 13.3 Å². The normalized spacial score (nSPS) is 10.8. The number of ether oxygens (including phenoxy) is 2. The fourth-order valence-corrected chi connectivity index (χ4v) is 3.77. The third-order valence-electron chi connectivity index (χ3n) is 3.93. The zero-order valence-electron chi connectivity index (χ0n) is 15.2. The van der Waals surface area contributed by atoms with Gasteiger partial charge in [0, 0.05) is 35.6 Å². The summed E-state index contributed by atoms with van der Waals surface area (Å²) in [5.74, 6) is -2.71. The maximum absolute atomic E-state index is 13.8. The Bertz CT molecular complexity index is 1020. The highest BCUT2D eigenvalue weighted by Crippen LogP contribution is 2.37. The number of nitrogens with zero attached hydrogens (tertiary/aromatic N) is 1. The van der Waals surface area contributed by atoms with Crippen molar-refractivity contribution in [1.82, 2.24) is 4.98 Å². The minimum Gasteiger partial charge on any atom is -0.487 e. The highest BCUT2D eigenvalue weighted by molar-refractivity contribution is 7.14. The molecule has 0 aliphatic heterocycles. The van der Waals surface area contributed by atoms with Crippen LogP contribution in [-0.4, -0.2) is 29.8 Å². The number of rotatable bonds is 7. The van der Waals surface area contributed by atoms with Crippen molar-refractivity contribution in [3.05, 3.63) is 69.3 Å². The third kappa shape index (κ3) is 4.93. The maximum Gasteiger partial charge on any atom is 0.348 e. The van der Waals surface area contributed by atoms with E-state index in [-0.39, 0.29) is 41.5 Å². The molecule has 0 amide bonds. The average Bonchev–Trinajstić information content (AvgIpc) is 3.09. The Morgan fingerprint density at radius 3 is 2.48 bits per heavy atom. The van der Waals surface area contributed by atoms with Crippen LogP contribution in [0.1, 0.15) is 20.1 Å². The molecule has 2 aromatic heterocycles. The minimum atomic E-state index is -0.757. The van der Waals surface area contributed by atoms with Crippen LogP contribution in [0.5, 0.6) is 5.75 Å². The number of hydrogen-bond acceptors (Lipinski definition) is 6. The summed E-state index contributed by atoms with van der Waals surface area (Å²) in [7, 11) is 1.25. The molecule has 0 saturated carbocycles. The predicted octanol–water partition coefficient (Wildman–Crippen LogP) is 4.13. The van der Waals surface area contributed by atoms with Crippen molar-refractivity contribution < 1.29 is 32.5 Å². The van der Waals surface area contributed by atoms with E-state index in [2.05, 4.69) is 4.98 Å². The molecule has 0 radical (unpaired) electrons. The second-order valence-corrected chi connectivity index (χ2v) is 7.12. The van der Waals surface area contributed by atoms with Crippen LogP contribution in [0.3, 0.4) is 0 Å². The topological polar surface area (TPSA) is 68.7 Å². The van der Waals surface area contributed by atoms with Gasteiger partial charge in [0.15, 0.2) is 0 Å². The Hall–Kier alpha value is -2.91. The Balaban J connectivity index is 1.98. The van der Waals surface area contributed by atoms with Gasteiger partial charge in [0.25, 0.3) is 0 Å². The van der Waals surface area contributed by atoms with E-state index in [1.165, 1.54) is 13.2 Å². The van der Waals surface area contributed by atoms with E-state index in [9.17, 15) is 23.1 Å². The number of methoxy groups -OCH3 is 1. The molecule has 29 heavy (non-hydrogen) atoms. The molecule has 0 aliphatic rings. The van der Waals surface area contributed by atoms with E-state index in [1.807, 2.05) is 0 Å². The summed E-state index contributed by atoms with van der Waals surface area (Å²) in [4.78, 5) is 16.9. The van der Waals surface area contributed by atoms with Crippen LogP contribution in [-0.2, 0) is 17.8 Å². The van der Waals surface area contributed by atoms with E-state index in [4.69, 9.17) is 9.47 Å². The smallest absolute Gasteiger partial charge is 0.348 e. The lowest BCUT2D eigenvalue weighted by atomic mass is 10.1. The van der Waals surface area contributed by atoms with Crippen molar-refractivity contribution in [2.75, 3.05) is 13.7 Å². The molecule has 0 bridgehead atoms. The molecular formula is C20H16F3NO4S. The summed E-state index contributed by atoms with van der Waals surface area (Å²) in [6, 6.07) is 5.56. The number of aliphatic hydroxyl groups is 1. The van der Waals surface area contributed by atoms with Crippen LogP contribution in [0.25, 0.3) is 11.3 Å². The van der Waals surface area contributed by atoms with Gasteiger partial charge in [-0.2, -0.15) is 0 Å². The van der Waals surface area contributed by atoms with Gasteiger partial charge in [-0.15, -0.1) is 11.3 Å². The molecule has 0 saturated heterocycles. The third-order valence-corrected chi connectivity index (χ3v) is 5.10. The van der Waals surface area contributed by atoms with Crippen molar-refractivity contribution in [2.24, 2.45) is 0 Å². The van der Waals surface area contributed by atoms with Gasteiger partial charge in [-0.25, -0.2) is 22.9 Å². The first kappa shape index (κ1) is 20.8. The van der Waals surface area contributed by atoms with Crippen LogP contribution >= 0.6 is 11.3 Å². The molecule has 152 valence electrons. The Kier molecular flexibility index (Phi) is 6.50. The summed E-state index contributed by atoms with van der Waals surface area (Å²) in [5, 5.41) is 9.32. The first-order valence-corrected chi connectivity index (χ1v) is 9.28. The number of aromatic nitrogens is 1. The molecule has 0 atom stereocenters. The van der Waals surface area contributed by atoms with Gasteiger partial charge in [-0.3, -0.25) is 0 Å². The van der Waals surface area contributed by atoms with Gasteiger partial charge < -0.3 is 14.6 Å². The second-order valence-electron chi connectivity index (χ2n) is 5.98. The zero-order valence-corrected chi connectivity index (χ0v) is 16.1. The second kappa shape index (κ2) is 9.06. The number of halogens is 3. The molecule has 2 heterocycles. The quantitative estimate of drug-likeness (QED) is 0.579. The van der Waals surface area contributed by atoms with Crippen molar-refractivity contribution in [3.8, 4) is 17.0 Å². The van der Waals surface area contributed by atoms with Crippen molar-refractivity contribution in [3.63, 3.8) is 0 Å². The van der Waals surface area contributed by atoms with Crippen LogP contribution in [0.2, 0.25) is 0 Å². The number of esters is 1. The molecule has 3 rings (SSSR count). The first-order valence-electron chi connectivity index (χ1n) is 8.47. The molecule has 5 nitrogen and oxygen atoms in total. The lowest BCUT2D eigenvalue weighted by molar-refractivity contribution is 0.0606. The Labute approximate surface area is 168 Å². The molecule has 1 N–H and O–H groups in total. The van der Waals surface area contributed by atoms with E-state index >= 15 is 0 Å². The summed E-state index contributed by atoms with van der Waals surface area (Å²) in [6.45, 7) is -0.399. The first-order chi connectivity index (χ1) is 13.9. The highest BCUT2D eigenvalue weighted by Gasteiger charge is 2.20. The van der Waals surface area contributed by atoms with E-state index < -0.39 is 23.4 Å². The van der Waals surface area contributed by atoms with Gasteiger partial charge in [-0.05, 0) is 23.8 Å². The molecule has 0 aliphatic carbocycles. The van der Waals surface area contributed by atoms with E-state index in [1.54, 1.807) is 0 Å². The molecule has 0 unspecified atom stereocenters. The van der Waals surface area contributed by atoms with Crippen LogP contribution in [0.4, 0.5) is 13.2 Å². The van der Waals surface area contributed by atoms with E-state index in [0.717, 1.165) is 41.8 Å². The van der Waals surface area contributed by atoms with Gasteiger partial charge in [0.2, 0.25) is 0 Å². The van der Waals surface area contributed by atoms with Crippen molar-refractivity contribution >= 4 is 17.3 Å².